The van der Waals surface area contributed by atoms with Gasteiger partial charge in [0.25, 0.3) is 0 Å². The number of benzene rings is 2. The molecule has 3 rings (SSSR count). The highest BCUT2D eigenvalue weighted by Crippen LogP contribution is 2.19. The molecule has 0 atom stereocenters. The Morgan fingerprint density at radius 2 is 1.80 bits per heavy atom. The van der Waals surface area contributed by atoms with Gasteiger partial charge in [-0.25, -0.2) is 4.68 Å². The number of carbonyl (C=O) groups excluding carboxylic acids is 1. The Morgan fingerprint density at radius 3 is 2.53 bits per heavy atom. The minimum absolute atomic E-state index is 0.132. The zero-order valence-electron chi connectivity index (χ0n) is 17.0. The summed E-state index contributed by atoms with van der Waals surface area (Å²) in [5, 5.41) is 11.3. The second-order valence-electron chi connectivity index (χ2n) is 6.68. The van der Waals surface area contributed by atoms with Gasteiger partial charge in [0, 0.05) is 0 Å². The van der Waals surface area contributed by atoms with E-state index in [-0.39, 0.29) is 18.3 Å². The molecule has 0 unspecified atom stereocenters. The van der Waals surface area contributed by atoms with E-state index in [2.05, 4.69) is 21.6 Å². The first-order valence-corrected chi connectivity index (χ1v) is 10.5. The number of nitrogens with one attached hydrogen (secondary N) is 1. The first-order chi connectivity index (χ1) is 14.5. The van der Waals surface area contributed by atoms with E-state index in [1.54, 1.807) is 0 Å². The summed E-state index contributed by atoms with van der Waals surface area (Å²) in [5.74, 6) is 8.09. The number of thioether (sulfide) groups is 1. The van der Waals surface area contributed by atoms with Crippen LogP contribution in [0, 0.1) is 13.8 Å². The van der Waals surface area contributed by atoms with Crippen LogP contribution in [0.15, 0.2) is 53.7 Å². The third kappa shape index (κ3) is 6.41. The molecule has 8 nitrogen and oxygen atoms in total. The van der Waals surface area contributed by atoms with Crippen LogP contribution in [0.5, 0.6) is 11.5 Å². The largest absolute Gasteiger partial charge is 0.492 e. The summed E-state index contributed by atoms with van der Waals surface area (Å²) in [7, 11) is 0. The van der Waals surface area contributed by atoms with E-state index in [0.717, 1.165) is 22.6 Å². The van der Waals surface area contributed by atoms with E-state index >= 15 is 0 Å². The fraction of sp³-hybridized carbons (Fsp3) is 0.286. The molecule has 0 saturated heterocycles. The average molecular weight is 428 g/mol. The monoisotopic (exact) mass is 427 g/mol. The lowest BCUT2D eigenvalue weighted by atomic mass is 10.1. The molecule has 0 aliphatic rings. The molecule has 0 bridgehead atoms. The third-order valence-electron chi connectivity index (χ3n) is 4.07. The van der Waals surface area contributed by atoms with Gasteiger partial charge in [-0.1, -0.05) is 36.0 Å². The number of carbonyl (C=O) groups is 1. The summed E-state index contributed by atoms with van der Waals surface area (Å²) >= 11 is 1.21. The molecular weight excluding hydrogens is 402 g/mol. The minimum atomic E-state index is -0.132. The fourth-order valence-corrected chi connectivity index (χ4v) is 3.43. The van der Waals surface area contributed by atoms with Crippen molar-refractivity contribution >= 4 is 17.7 Å². The molecule has 0 fully saturated rings. The highest BCUT2D eigenvalue weighted by atomic mass is 32.2. The van der Waals surface area contributed by atoms with Crippen molar-refractivity contribution in [1.82, 2.24) is 20.2 Å². The average Bonchev–Trinajstić information content (AvgIpc) is 3.08. The Hall–Kier alpha value is -3.20. The van der Waals surface area contributed by atoms with Crippen LogP contribution in [-0.4, -0.2) is 39.7 Å². The van der Waals surface area contributed by atoms with E-state index in [0.29, 0.717) is 24.1 Å². The van der Waals surface area contributed by atoms with E-state index in [1.165, 1.54) is 16.4 Å². The Bertz CT molecular complexity index is 958. The van der Waals surface area contributed by atoms with Crippen molar-refractivity contribution in [2.45, 2.75) is 25.6 Å². The van der Waals surface area contributed by atoms with Gasteiger partial charge in [0.1, 0.15) is 24.7 Å². The zero-order chi connectivity index (χ0) is 21.3. The lowest BCUT2D eigenvalue weighted by molar-refractivity contribution is -0.118. The molecule has 0 aliphatic heterocycles. The Labute approximate surface area is 179 Å². The number of nitrogens with two attached hydrogens (primary N) is 1. The highest BCUT2D eigenvalue weighted by molar-refractivity contribution is 7.99. The molecular formula is C21H25N5O3S. The van der Waals surface area contributed by atoms with Crippen molar-refractivity contribution in [1.29, 1.82) is 0 Å². The first-order valence-electron chi connectivity index (χ1n) is 9.49. The first kappa shape index (κ1) is 21.5. The van der Waals surface area contributed by atoms with Gasteiger partial charge >= 0.3 is 0 Å². The van der Waals surface area contributed by atoms with E-state index in [1.807, 2.05) is 56.3 Å². The van der Waals surface area contributed by atoms with Crippen LogP contribution in [0.4, 0.5) is 0 Å². The topological polar surface area (TPSA) is 104 Å². The quantitative estimate of drug-likeness (QED) is 0.291. The Morgan fingerprint density at radius 1 is 1.07 bits per heavy atom. The lowest BCUT2D eigenvalue weighted by Crippen LogP contribution is -2.29. The molecule has 1 heterocycles. The smallest absolute Gasteiger partial charge is 0.230 e. The van der Waals surface area contributed by atoms with Crippen LogP contribution in [0.1, 0.15) is 17.0 Å². The second kappa shape index (κ2) is 10.5. The van der Waals surface area contributed by atoms with E-state index < -0.39 is 0 Å². The summed E-state index contributed by atoms with van der Waals surface area (Å²) < 4.78 is 12.7. The number of rotatable bonds is 10. The molecule has 30 heavy (non-hydrogen) atoms. The van der Waals surface area contributed by atoms with Crippen LogP contribution < -0.4 is 20.6 Å². The number of hydrogen-bond acceptors (Lipinski definition) is 7. The molecule has 0 spiro atoms. The maximum absolute atomic E-state index is 12.0. The minimum Gasteiger partial charge on any atom is -0.492 e. The van der Waals surface area contributed by atoms with Gasteiger partial charge in [-0.3, -0.25) is 4.79 Å². The summed E-state index contributed by atoms with van der Waals surface area (Å²) in [6, 6.07) is 15.4. The van der Waals surface area contributed by atoms with E-state index in [4.69, 9.17) is 15.3 Å². The van der Waals surface area contributed by atoms with Crippen molar-refractivity contribution < 1.29 is 14.3 Å². The fourth-order valence-electron chi connectivity index (χ4n) is 2.73. The molecule has 0 radical (unpaired) electrons. The van der Waals surface area contributed by atoms with Crippen LogP contribution in [-0.2, 0) is 11.4 Å². The number of aromatic nitrogens is 3. The van der Waals surface area contributed by atoms with Crippen molar-refractivity contribution in [3.63, 3.8) is 0 Å². The lowest BCUT2D eigenvalue weighted by Gasteiger charge is -2.08. The molecule has 9 heteroatoms. The van der Waals surface area contributed by atoms with Gasteiger partial charge in [0.05, 0.1) is 12.3 Å². The molecule has 0 aliphatic carbocycles. The zero-order valence-corrected chi connectivity index (χ0v) is 17.8. The molecule has 0 saturated carbocycles. The number of nitrogens with zero attached hydrogens (tertiary/aromatic N) is 3. The van der Waals surface area contributed by atoms with Gasteiger partial charge < -0.3 is 20.6 Å². The van der Waals surface area contributed by atoms with Crippen molar-refractivity contribution in [2.24, 2.45) is 0 Å². The summed E-state index contributed by atoms with van der Waals surface area (Å²) in [5.41, 5.74) is 2.24. The number of nitrogen functional groups attached to an aromatic ring is 1. The van der Waals surface area contributed by atoms with Crippen LogP contribution in [0.25, 0.3) is 0 Å². The van der Waals surface area contributed by atoms with Gasteiger partial charge in [0.15, 0.2) is 5.82 Å². The van der Waals surface area contributed by atoms with Gasteiger partial charge in [-0.15, -0.1) is 10.2 Å². The normalized spacial score (nSPS) is 10.6. The molecule has 3 aromatic rings. The summed E-state index contributed by atoms with van der Waals surface area (Å²) in [6.07, 6.45) is 0. The van der Waals surface area contributed by atoms with Gasteiger partial charge in [0.2, 0.25) is 11.1 Å². The standard InChI is InChI=1S/C21H25N5O3S/c1-15-10-16(2)12-18(11-15)29-13-19-24-25-21(26(19)22)30-14-20(27)23-8-9-28-17-6-4-3-5-7-17/h3-7,10-12H,8-9,13-14,22H2,1-2H3,(H,23,27). The summed E-state index contributed by atoms with van der Waals surface area (Å²) in [6.45, 7) is 5.03. The molecule has 3 N–H and O–H groups in total. The van der Waals surface area contributed by atoms with Crippen LogP contribution >= 0.6 is 11.8 Å². The van der Waals surface area contributed by atoms with Gasteiger partial charge in [-0.2, -0.15) is 0 Å². The molecule has 1 aromatic heterocycles. The number of hydrogen-bond donors (Lipinski definition) is 2. The number of aryl methyl sites for hydroxylation is 2. The molecule has 158 valence electrons. The Balaban J connectivity index is 1.40. The van der Waals surface area contributed by atoms with Crippen LogP contribution in [0.2, 0.25) is 0 Å². The van der Waals surface area contributed by atoms with Crippen molar-refractivity contribution in [3.05, 3.63) is 65.5 Å². The maximum atomic E-state index is 12.0. The predicted molar refractivity (Wildman–Crippen MR) is 116 cm³/mol. The maximum Gasteiger partial charge on any atom is 0.230 e. The van der Waals surface area contributed by atoms with Crippen LogP contribution in [0.3, 0.4) is 0 Å². The second-order valence-corrected chi connectivity index (χ2v) is 7.62. The van der Waals surface area contributed by atoms with Gasteiger partial charge in [-0.05, 0) is 49.2 Å². The van der Waals surface area contributed by atoms with E-state index in [9.17, 15) is 4.79 Å². The number of ether oxygens (including phenoxy) is 2. The third-order valence-corrected chi connectivity index (χ3v) is 5.01. The summed E-state index contributed by atoms with van der Waals surface area (Å²) in [4.78, 5) is 12.0. The molecule has 1 amide bonds. The SMILES string of the molecule is Cc1cc(C)cc(OCc2nnc(SCC(=O)NCCOc3ccccc3)n2N)c1. The number of amides is 1. The van der Waals surface area contributed by atoms with Crippen molar-refractivity contribution in [3.8, 4) is 11.5 Å². The van der Waals surface area contributed by atoms with Crippen molar-refractivity contribution in [2.75, 3.05) is 24.7 Å². The highest BCUT2D eigenvalue weighted by Gasteiger charge is 2.13. The Kier molecular flexibility index (Phi) is 7.56. The molecule has 2 aromatic carbocycles. The number of para-hydroxylation sites is 1. The predicted octanol–water partition coefficient (Wildman–Crippen LogP) is 2.48.